The van der Waals surface area contributed by atoms with Gasteiger partial charge in [0, 0.05) is 0 Å². The van der Waals surface area contributed by atoms with Crippen LogP contribution in [-0.2, 0) is 0 Å². The fraction of sp³-hybridized carbons (Fsp3) is 0.700. The number of hydrogen-bond acceptors (Lipinski definition) is 3. The summed E-state index contributed by atoms with van der Waals surface area (Å²) in [7, 11) is 0. The second kappa shape index (κ2) is 5.48. The molecule has 0 aromatic carbocycles. The van der Waals surface area contributed by atoms with Gasteiger partial charge in [-0.3, -0.25) is 0 Å². The molecule has 1 rings (SSSR count). The first-order valence-corrected chi connectivity index (χ1v) is 5.38. The zero-order valence-corrected chi connectivity index (χ0v) is 9.22. The Labute approximate surface area is 89.2 Å². The topological polar surface area (TPSA) is 61.0 Å². The largest absolute Gasteiger partial charge is 0.389 e. The maximum absolute atomic E-state index is 10.5. The predicted molar refractivity (Wildman–Crippen MR) is 57.7 cm³/mol. The fourth-order valence-corrected chi connectivity index (χ4v) is 1.70. The molecule has 15 heavy (non-hydrogen) atoms. The summed E-state index contributed by atoms with van der Waals surface area (Å²) in [5.41, 5.74) is 0. The smallest absolute Gasteiger partial charge is 0.358 e. The van der Waals surface area contributed by atoms with Crippen LogP contribution in [0.2, 0.25) is 0 Å². The van der Waals surface area contributed by atoms with Gasteiger partial charge >= 0.3 is 5.82 Å². The molecule has 0 fully saturated rings. The van der Waals surface area contributed by atoms with Crippen LogP contribution >= 0.6 is 0 Å². The van der Waals surface area contributed by atoms with E-state index in [1.54, 1.807) is 10.9 Å². The van der Waals surface area contributed by atoms with Crippen molar-refractivity contribution < 1.29 is 4.92 Å². The number of nitrogens with zero attached hydrogens (tertiary/aromatic N) is 3. The van der Waals surface area contributed by atoms with Crippen LogP contribution in [0.4, 0.5) is 5.82 Å². The van der Waals surface area contributed by atoms with E-state index in [2.05, 4.69) is 18.9 Å². The third-order valence-corrected chi connectivity index (χ3v) is 2.40. The lowest BCUT2D eigenvalue weighted by atomic mass is 10.1. The molecule has 0 aliphatic heterocycles. The summed E-state index contributed by atoms with van der Waals surface area (Å²) in [6, 6.07) is 1.76. The first-order chi connectivity index (χ1) is 7.19. The van der Waals surface area contributed by atoms with Gasteiger partial charge in [-0.25, -0.2) is 0 Å². The van der Waals surface area contributed by atoms with E-state index >= 15 is 0 Å². The molecule has 0 unspecified atom stereocenters. The van der Waals surface area contributed by atoms with E-state index in [0.717, 1.165) is 25.7 Å². The van der Waals surface area contributed by atoms with E-state index < -0.39 is 4.92 Å². The molecule has 0 N–H and O–H groups in total. The molecule has 1 heterocycles. The molecule has 0 spiro atoms. The molecule has 5 nitrogen and oxygen atoms in total. The minimum absolute atomic E-state index is 0.0628. The summed E-state index contributed by atoms with van der Waals surface area (Å²) in [6.07, 6.45) is 5.88. The first-order valence-electron chi connectivity index (χ1n) is 5.38. The van der Waals surface area contributed by atoms with Crippen molar-refractivity contribution in [1.29, 1.82) is 0 Å². The van der Waals surface area contributed by atoms with Crippen LogP contribution in [0.3, 0.4) is 0 Å². The normalized spacial score (nSPS) is 10.9. The Morgan fingerprint density at radius 1 is 1.47 bits per heavy atom. The summed E-state index contributed by atoms with van der Waals surface area (Å²) in [4.78, 5) is 10.0. The number of hydrogen-bond donors (Lipinski definition) is 0. The average Bonchev–Trinajstić information content (AvgIpc) is 2.66. The van der Waals surface area contributed by atoms with Crippen molar-refractivity contribution in [3.05, 3.63) is 22.4 Å². The van der Waals surface area contributed by atoms with Crippen LogP contribution in [0, 0.1) is 10.1 Å². The maximum atomic E-state index is 10.5. The van der Waals surface area contributed by atoms with Gasteiger partial charge in [0.2, 0.25) is 0 Å². The Balaban J connectivity index is 2.76. The molecule has 5 heteroatoms. The van der Waals surface area contributed by atoms with E-state index in [-0.39, 0.29) is 5.82 Å². The van der Waals surface area contributed by atoms with Crippen molar-refractivity contribution in [1.82, 2.24) is 9.78 Å². The van der Waals surface area contributed by atoms with E-state index in [1.165, 1.54) is 6.07 Å². The van der Waals surface area contributed by atoms with E-state index in [9.17, 15) is 10.1 Å². The molecule has 1 aromatic heterocycles. The van der Waals surface area contributed by atoms with Crippen LogP contribution in [0.15, 0.2) is 12.3 Å². The van der Waals surface area contributed by atoms with Crippen LogP contribution in [-0.4, -0.2) is 14.7 Å². The van der Waals surface area contributed by atoms with Gasteiger partial charge in [0.15, 0.2) is 0 Å². The van der Waals surface area contributed by atoms with Crippen LogP contribution in [0.25, 0.3) is 0 Å². The van der Waals surface area contributed by atoms with Crippen molar-refractivity contribution in [3.63, 3.8) is 0 Å². The van der Waals surface area contributed by atoms with E-state index in [1.807, 2.05) is 0 Å². The van der Waals surface area contributed by atoms with Gasteiger partial charge in [0.1, 0.15) is 0 Å². The van der Waals surface area contributed by atoms with Gasteiger partial charge in [-0.2, -0.15) is 4.68 Å². The molecule has 0 aliphatic carbocycles. The summed E-state index contributed by atoms with van der Waals surface area (Å²) in [5, 5.41) is 14.4. The molecule has 0 atom stereocenters. The SMILES string of the molecule is CCCC(CCC)n1ccc([N+](=O)[O-])n1. The number of aromatic nitrogens is 2. The molecule has 0 aliphatic rings. The average molecular weight is 211 g/mol. The molecular weight excluding hydrogens is 194 g/mol. The fourth-order valence-electron chi connectivity index (χ4n) is 1.70. The van der Waals surface area contributed by atoms with Gasteiger partial charge in [-0.05, 0) is 17.8 Å². The highest BCUT2D eigenvalue weighted by Crippen LogP contribution is 2.20. The highest BCUT2D eigenvalue weighted by atomic mass is 16.6. The number of nitro groups is 1. The predicted octanol–water partition coefficient (Wildman–Crippen LogP) is 2.93. The first kappa shape index (κ1) is 11.7. The van der Waals surface area contributed by atoms with Gasteiger partial charge in [-0.1, -0.05) is 26.7 Å². The summed E-state index contributed by atoms with van der Waals surface area (Å²) >= 11 is 0. The lowest BCUT2D eigenvalue weighted by Gasteiger charge is -2.11. The standard InChI is InChI=1S/C10H17N3O2/c1-3-5-9(6-4-2)12-8-7-10(11-12)13(14)15/h7-9H,3-6H2,1-2H3. The third-order valence-electron chi connectivity index (χ3n) is 2.40. The Hall–Kier alpha value is -1.39. The summed E-state index contributed by atoms with van der Waals surface area (Å²) in [5.74, 6) is -0.0628. The lowest BCUT2D eigenvalue weighted by molar-refractivity contribution is -0.389. The van der Waals surface area contributed by atoms with Crippen molar-refractivity contribution in [3.8, 4) is 0 Å². The summed E-state index contributed by atoms with van der Waals surface area (Å²) < 4.78 is 1.73. The quantitative estimate of drug-likeness (QED) is 0.537. The monoisotopic (exact) mass is 211 g/mol. The van der Waals surface area contributed by atoms with E-state index in [0.29, 0.717) is 6.04 Å². The minimum atomic E-state index is -0.453. The molecule has 0 bridgehead atoms. The zero-order chi connectivity index (χ0) is 11.3. The second-order valence-electron chi connectivity index (χ2n) is 3.64. The maximum Gasteiger partial charge on any atom is 0.389 e. The highest BCUT2D eigenvalue weighted by Gasteiger charge is 2.17. The van der Waals surface area contributed by atoms with Crippen molar-refractivity contribution >= 4 is 5.82 Å². The summed E-state index contributed by atoms with van der Waals surface area (Å²) in [6.45, 7) is 4.22. The molecule has 0 amide bonds. The number of rotatable bonds is 6. The van der Waals surface area contributed by atoms with Crippen molar-refractivity contribution in [2.75, 3.05) is 0 Å². The Bertz CT molecular complexity index is 316. The molecule has 0 saturated heterocycles. The third kappa shape index (κ3) is 3.04. The Morgan fingerprint density at radius 2 is 2.07 bits per heavy atom. The molecule has 0 saturated carbocycles. The molecule has 84 valence electrons. The Kier molecular flexibility index (Phi) is 4.27. The van der Waals surface area contributed by atoms with Crippen LogP contribution in [0.5, 0.6) is 0 Å². The lowest BCUT2D eigenvalue weighted by Crippen LogP contribution is -2.09. The molecular formula is C10H17N3O2. The van der Waals surface area contributed by atoms with Crippen LogP contribution in [0.1, 0.15) is 45.6 Å². The van der Waals surface area contributed by atoms with E-state index in [4.69, 9.17) is 0 Å². The van der Waals surface area contributed by atoms with Crippen molar-refractivity contribution in [2.24, 2.45) is 0 Å². The zero-order valence-electron chi connectivity index (χ0n) is 9.22. The van der Waals surface area contributed by atoms with Gasteiger partial charge in [0.25, 0.3) is 0 Å². The Morgan fingerprint density at radius 3 is 2.47 bits per heavy atom. The molecule has 1 aromatic rings. The van der Waals surface area contributed by atoms with Crippen molar-refractivity contribution in [2.45, 2.75) is 45.6 Å². The molecule has 0 radical (unpaired) electrons. The van der Waals surface area contributed by atoms with Gasteiger partial charge in [0.05, 0.1) is 23.4 Å². The minimum Gasteiger partial charge on any atom is -0.358 e. The van der Waals surface area contributed by atoms with Crippen LogP contribution < -0.4 is 0 Å². The van der Waals surface area contributed by atoms with Gasteiger partial charge < -0.3 is 10.1 Å². The highest BCUT2D eigenvalue weighted by molar-refractivity contribution is 5.14. The van der Waals surface area contributed by atoms with Gasteiger partial charge in [-0.15, -0.1) is 0 Å². The second-order valence-corrected chi connectivity index (χ2v) is 3.64.